The van der Waals surface area contributed by atoms with Crippen LogP contribution in [0.3, 0.4) is 0 Å². The van der Waals surface area contributed by atoms with Gasteiger partial charge in [-0.3, -0.25) is 0 Å². The van der Waals surface area contributed by atoms with Crippen molar-refractivity contribution in [3.8, 4) is 10.6 Å². The number of benzene rings is 1. The van der Waals surface area contributed by atoms with Gasteiger partial charge in [0, 0.05) is 22.3 Å². The van der Waals surface area contributed by atoms with Gasteiger partial charge in [-0.05, 0) is 18.1 Å². The molecule has 0 aliphatic heterocycles. The molecule has 0 fully saturated rings. The molecule has 0 saturated carbocycles. The minimum atomic E-state index is 0.529. The van der Waals surface area contributed by atoms with E-state index in [4.69, 9.17) is 5.73 Å². The Morgan fingerprint density at radius 3 is 2.60 bits per heavy atom. The number of hydrogen-bond donors (Lipinski definition) is 1. The van der Waals surface area contributed by atoms with E-state index in [9.17, 15) is 0 Å². The number of nitrogen functional groups attached to an aromatic ring is 1. The molecule has 3 heteroatoms. The van der Waals surface area contributed by atoms with Crippen LogP contribution in [-0.4, -0.2) is 4.98 Å². The van der Waals surface area contributed by atoms with Crippen LogP contribution in [0.2, 0.25) is 0 Å². The molecular formula is C12H14N2S. The predicted molar refractivity (Wildman–Crippen MR) is 66.1 cm³/mol. The van der Waals surface area contributed by atoms with Gasteiger partial charge < -0.3 is 5.73 Å². The number of para-hydroxylation sites is 1. The van der Waals surface area contributed by atoms with Crippen LogP contribution in [0.15, 0.2) is 30.5 Å². The van der Waals surface area contributed by atoms with E-state index in [0.717, 1.165) is 16.3 Å². The van der Waals surface area contributed by atoms with Crippen LogP contribution in [-0.2, 0) is 0 Å². The summed E-state index contributed by atoms with van der Waals surface area (Å²) in [4.78, 5) is 5.71. The van der Waals surface area contributed by atoms with E-state index in [2.05, 4.69) is 18.8 Å². The highest BCUT2D eigenvalue weighted by Crippen LogP contribution is 2.32. The van der Waals surface area contributed by atoms with Crippen molar-refractivity contribution < 1.29 is 0 Å². The Kier molecular flexibility index (Phi) is 2.73. The summed E-state index contributed by atoms with van der Waals surface area (Å²) in [6.07, 6.45) is 1.94. The minimum Gasteiger partial charge on any atom is -0.398 e. The molecule has 2 nitrogen and oxygen atoms in total. The lowest BCUT2D eigenvalue weighted by molar-refractivity contribution is 0.885. The monoisotopic (exact) mass is 218 g/mol. The van der Waals surface area contributed by atoms with Crippen molar-refractivity contribution in [3.63, 3.8) is 0 Å². The second-order valence-corrected chi connectivity index (χ2v) is 4.87. The minimum absolute atomic E-state index is 0.529. The molecule has 2 rings (SSSR count). The second-order valence-electron chi connectivity index (χ2n) is 3.81. The number of aromatic nitrogens is 1. The first kappa shape index (κ1) is 10.2. The molecule has 0 amide bonds. The van der Waals surface area contributed by atoms with E-state index in [-0.39, 0.29) is 0 Å². The van der Waals surface area contributed by atoms with Gasteiger partial charge in [0.2, 0.25) is 0 Å². The lowest BCUT2D eigenvalue weighted by atomic mass is 10.2. The number of hydrogen-bond acceptors (Lipinski definition) is 3. The van der Waals surface area contributed by atoms with Gasteiger partial charge in [0.25, 0.3) is 0 Å². The molecule has 15 heavy (non-hydrogen) atoms. The van der Waals surface area contributed by atoms with Crippen LogP contribution in [0.4, 0.5) is 5.69 Å². The van der Waals surface area contributed by atoms with Crippen LogP contribution in [0.1, 0.15) is 24.6 Å². The molecular weight excluding hydrogens is 204 g/mol. The predicted octanol–water partition coefficient (Wildman–Crippen LogP) is 3.52. The molecule has 0 atom stereocenters. The number of thiazole rings is 1. The van der Waals surface area contributed by atoms with E-state index >= 15 is 0 Å². The van der Waals surface area contributed by atoms with Crippen molar-refractivity contribution >= 4 is 17.0 Å². The first-order chi connectivity index (χ1) is 7.18. The van der Waals surface area contributed by atoms with Gasteiger partial charge >= 0.3 is 0 Å². The van der Waals surface area contributed by atoms with Crippen LogP contribution >= 0.6 is 11.3 Å². The van der Waals surface area contributed by atoms with E-state index in [1.54, 1.807) is 11.3 Å². The van der Waals surface area contributed by atoms with Gasteiger partial charge in [0.05, 0.1) is 0 Å². The normalized spacial score (nSPS) is 10.9. The van der Waals surface area contributed by atoms with Gasteiger partial charge in [-0.25, -0.2) is 4.98 Å². The average molecular weight is 218 g/mol. The average Bonchev–Trinajstić information content (AvgIpc) is 2.67. The Bertz CT molecular complexity index is 460. The molecule has 78 valence electrons. The highest BCUT2D eigenvalue weighted by atomic mass is 32.1. The zero-order valence-electron chi connectivity index (χ0n) is 8.90. The fourth-order valence-electron chi connectivity index (χ4n) is 1.37. The molecule has 0 aliphatic carbocycles. The third-order valence-electron chi connectivity index (χ3n) is 2.28. The van der Waals surface area contributed by atoms with Crippen molar-refractivity contribution in [1.82, 2.24) is 4.98 Å². The summed E-state index contributed by atoms with van der Waals surface area (Å²) in [5, 5.41) is 1.01. The van der Waals surface area contributed by atoms with Gasteiger partial charge in [0.15, 0.2) is 0 Å². The van der Waals surface area contributed by atoms with Crippen LogP contribution in [0.5, 0.6) is 0 Å². The van der Waals surface area contributed by atoms with Crippen molar-refractivity contribution in [3.05, 3.63) is 35.3 Å². The summed E-state index contributed by atoms with van der Waals surface area (Å²) < 4.78 is 0. The number of rotatable bonds is 2. The Balaban J connectivity index is 2.42. The molecule has 0 radical (unpaired) electrons. The highest BCUT2D eigenvalue weighted by Gasteiger charge is 2.08. The smallest absolute Gasteiger partial charge is 0.125 e. The topological polar surface area (TPSA) is 38.9 Å². The third kappa shape index (κ3) is 2.02. The van der Waals surface area contributed by atoms with E-state index in [1.807, 2.05) is 30.5 Å². The molecule has 1 aromatic carbocycles. The van der Waals surface area contributed by atoms with E-state index < -0.39 is 0 Å². The number of anilines is 1. The Hall–Kier alpha value is -1.35. The largest absolute Gasteiger partial charge is 0.398 e. The van der Waals surface area contributed by atoms with Crippen molar-refractivity contribution in [1.29, 1.82) is 0 Å². The van der Waals surface area contributed by atoms with Crippen LogP contribution < -0.4 is 5.73 Å². The maximum Gasteiger partial charge on any atom is 0.125 e. The molecule has 2 N–H and O–H groups in total. The van der Waals surface area contributed by atoms with Crippen molar-refractivity contribution in [2.75, 3.05) is 5.73 Å². The van der Waals surface area contributed by atoms with Crippen LogP contribution in [0, 0.1) is 0 Å². The van der Waals surface area contributed by atoms with Crippen molar-refractivity contribution in [2.24, 2.45) is 0 Å². The summed E-state index contributed by atoms with van der Waals surface area (Å²) in [5.41, 5.74) is 7.73. The first-order valence-electron chi connectivity index (χ1n) is 4.99. The summed E-state index contributed by atoms with van der Waals surface area (Å²) in [7, 11) is 0. The summed E-state index contributed by atoms with van der Waals surface area (Å²) in [5.74, 6) is 0.529. The molecule has 1 heterocycles. The highest BCUT2D eigenvalue weighted by molar-refractivity contribution is 7.15. The van der Waals surface area contributed by atoms with Gasteiger partial charge in [-0.2, -0.15) is 0 Å². The van der Waals surface area contributed by atoms with Gasteiger partial charge in [0.1, 0.15) is 5.01 Å². The first-order valence-corrected chi connectivity index (χ1v) is 5.80. The van der Waals surface area contributed by atoms with Crippen LogP contribution in [0.25, 0.3) is 10.6 Å². The molecule has 0 aliphatic rings. The SMILES string of the molecule is CC(C)c1cnc(-c2ccccc2N)s1. The fraction of sp³-hybridized carbons (Fsp3) is 0.250. The molecule has 2 aromatic rings. The van der Waals surface area contributed by atoms with E-state index in [1.165, 1.54) is 4.88 Å². The lowest BCUT2D eigenvalue weighted by Gasteiger charge is -2.00. The standard InChI is InChI=1S/C12H14N2S/c1-8(2)11-7-14-12(15-11)9-5-3-4-6-10(9)13/h3-8H,13H2,1-2H3. The second kappa shape index (κ2) is 4.03. The summed E-state index contributed by atoms with van der Waals surface area (Å²) in [6.45, 7) is 4.34. The Labute approximate surface area is 93.8 Å². The van der Waals surface area contributed by atoms with Gasteiger partial charge in [-0.15, -0.1) is 11.3 Å². The molecule has 0 bridgehead atoms. The zero-order chi connectivity index (χ0) is 10.8. The zero-order valence-corrected chi connectivity index (χ0v) is 9.71. The Morgan fingerprint density at radius 2 is 2.00 bits per heavy atom. The quantitative estimate of drug-likeness (QED) is 0.783. The lowest BCUT2D eigenvalue weighted by Crippen LogP contribution is -1.87. The number of nitrogens with zero attached hydrogens (tertiary/aromatic N) is 1. The van der Waals surface area contributed by atoms with Gasteiger partial charge in [-0.1, -0.05) is 26.0 Å². The summed E-state index contributed by atoms with van der Waals surface area (Å²) in [6, 6.07) is 7.85. The molecule has 1 aromatic heterocycles. The fourth-order valence-corrected chi connectivity index (χ4v) is 2.34. The van der Waals surface area contributed by atoms with E-state index in [0.29, 0.717) is 5.92 Å². The molecule has 0 saturated heterocycles. The van der Waals surface area contributed by atoms with Crippen molar-refractivity contribution in [2.45, 2.75) is 19.8 Å². The number of nitrogens with two attached hydrogens (primary N) is 1. The summed E-state index contributed by atoms with van der Waals surface area (Å²) >= 11 is 1.72. The molecule has 0 unspecified atom stereocenters. The maximum atomic E-state index is 5.90. The maximum absolute atomic E-state index is 5.90. The molecule has 0 spiro atoms. The Morgan fingerprint density at radius 1 is 1.27 bits per heavy atom. The third-order valence-corrected chi connectivity index (χ3v) is 3.61.